The smallest absolute Gasteiger partial charge is 0.243 e. The maximum Gasteiger partial charge on any atom is 0.243 e. The summed E-state index contributed by atoms with van der Waals surface area (Å²) in [5.41, 5.74) is 0.996. The normalized spacial score (nSPS) is 15.1. The molecule has 2 aromatic rings. The zero-order valence-corrected chi connectivity index (χ0v) is 22.9. The molecule has 0 aliphatic heterocycles. The van der Waals surface area contributed by atoms with Gasteiger partial charge in [-0.2, -0.15) is 0 Å². The molecule has 0 heterocycles. The number of nitrogens with zero attached hydrogens (tertiary/aromatic N) is 2. The predicted molar refractivity (Wildman–Crippen MR) is 144 cm³/mol. The van der Waals surface area contributed by atoms with Gasteiger partial charge in [-0.15, -0.1) is 0 Å². The Morgan fingerprint density at radius 1 is 0.974 bits per heavy atom. The minimum Gasteiger partial charge on any atom is -0.352 e. The Balaban J connectivity index is 1.74. The second-order valence-electron chi connectivity index (χ2n) is 9.83. The second-order valence-corrected chi connectivity index (χ2v) is 11.7. The number of hydrogen-bond donors (Lipinski definition) is 1. The second kappa shape index (κ2) is 13.7. The molecule has 1 fully saturated rings. The summed E-state index contributed by atoms with van der Waals surface area (Å²) in [5, 5.41) is 3.11. The standard InChI is InChI=1S/C28H37F2N3O4S/c1-3-26(28(35)31-24-8-5-4-6-9-24)32(20-21-11-13-22(29)14-12-21)27(34)10-7-19-33(38(2,36)37)25-17-15-23(30)16-18-25/h11-18,24,26H,3-10,19-20H2,1-2H3,(H,31,35)/t26-/m0/s1. The Kier molecular flexibility index (Phi) is 10.6. The molecule has 0 spiro atoms. The molecule has 208 valence electrons. The highest BCUT2D eigenvalue weighted by molar-refractivity contribution is 7.92. The van der Waals surface area contributed by atoms with Crippen LogP contribution in [0.1, 0.15) is 63.9 Å². The largest absolute Gasteiger partial charge is 0.352 e. The molecule has 1 aliphatic carbocycles. The van der Waals surface area contributed by atoms with E-state index in [1.807, 2.05) is 6.92 Å². The monoisotopic (exact) mass is 549 g/mol. The van der Waals surface area contributed by atoms with Gasteiger partial charge in [0.15, 0.2) is 0 Å². The third-order valence-corrected chi connectivity index (χ3v) is 8.06. The maximum atomic E-state index is 13.5. The Labute approximate surface area is 224 Å². The highest BCUT2D eigenvalue weighted by atomic mass is 32.2. The van der Waals surface area contributed by atoms with Crippen molar-refractivity contribution in [2.45, 2.75) is 76.9 Å². The molecule has 1 N–H and O–H groups in total. The number of carbonyl (C=O) groups excluding carboxylic acids is 2. The molecule has 38 heavy (non-hydrogen) atoms. The molecule has 2 amide bonds. The Bertz CT molecular complexity index is 1170. The highest BCUT2D eigenvalue weighted by Gasteiger charge is 2.30. The number of hydrogen-bond acceptors (Lipinski definition) is 4. The fourth-order valence-electron chi connectivity index (χ4n) is 4.86. The molecule has 0 saturated heterocycles. The Morgan fingerprint density at radius 2 is 1.55 bits per heavy atom. The highest BCUT2D eigenvalue weighted by Crippen LogP contribution is 2.21. The quantitative estimate of drug-likeness (QED) is 0.413. The summed E-state index contributed by atoms with van der Waals surface area (Å²) in [5.74, 6) is -1.38. The van der Waals surface area contributed by atoms with E-state index in [0.29, 0.717) is 17.7 Å². The maximum absolute atomic E-state index is 13.5. The molecule has 1 saturated carbocycles. The molecule has 3 rings (SSSR count). The van der Waals surface area contributed by atoms with Crippen LogP contribution in [0, 0.1) is 11.6 Å². The number of nitrogens with one attached hydrogen (secondary N) is 1. The molecular formula is C28H37F2N3O4S. The van der Waals surface area contributed by atoms with Crippen LogP contribution in [0.2, 0.25) is 0 Å². The van der Waals surface area contributed by atoms with Gasteiger partial charge in [0, 0.05) is 25.6 Å². The summed E-state index contributed by atoms with van der Waals surface area (Å²) in [6.07, 6.45) is 6.76. The van der Waals surface area contributed by atoms with Crippen LogP contribution in [0.15, 0.2) is 48.5 Å². The van der Waals surface area contributed by atoms with E-state index in [9.17, 15) is 26.8 Å². The van der Waals surface area contributed by atoms with Gasteiger partial charge in [0.05, 0.1) is 11.9 Å². The van der Waals surface area contributed by atoms with Gasteiger partial charge in [0.2, 0.25) is 21.8 Å². The SMILES string of the molecule is CC[C@@H](C(=O)NC1CCCCC1)N(Cc1ccc(F)cc1)C(=O)CCCN(c1ccc(F)cc1)S(C)(=O)=O. The van der Waals surface area contributed by atoms with Gasteiger partial charge in [0.1, 0.15) is 17.7 Å². The summed E-state index contributed by atoms with van der Waals surface area (Å²) < 4.78 is 52.7. The molecule has 1 aliphatic rings. The first-order valence-corrected chi connectivity index (χ1v) is 15.0. The lowest BCUT2D eigenvalue weighted by molar-refractivity contribution is -0.141. The zero-order chi connectivity index (χ0) is 27.7. The van der Waals surface area contributed by atoms with Crippen molar-refractivity contribution >= 4 is 27.5 Å². The fourth-order valence-corrected chi connectivity index (χ4v) is 5.83. The summed E-state index contributed by atoms with van der Waals surface area (Å²) in [6, 6.07) is 10.3. The van der Waals surface area contributed by atoms with Gasteiger partial charge in [-0.05, 0) is 67.6 Å². The van der Waals surface area contributed by atoms with Gasteiger partial charge < -0.3 is 10.2 Å². The number of sulfonamides is 1. The predicted octanol–water partition coefficient (Wildman–Crippen LogP) is 4.77. The van der Waals surface area contributed by atoms with Crippen LogP contribution in [0.4, 0.5) is 14.5 Å². The van der Waals surface area contributed by atoms with Gasteiger partial charge in [0.25, 0.3) is 0 Å². The van der Waals surface area contributed by atoms with E-state index in [2.05, 4.69) is 5.32 Å². The van der Waals surface area contributed by atoms with Crippen molar-refractivity contribution in [2.24, 2.45) is 0 Å². The zero-order valence-electron chi connectivity index (χ0n) is 22.0. The van der Waals surface area contributed by atoms with Crippen LogP contribution in [-0.2, 0) is 26.2 Å². The van der Waals surface area contributed by atoms with Crippen LogP contribution < -0.4 is 9.62 Å². The Hall–Kier alpha value is -3.01. The van der Waals surface area contributed by atoms with E-state index < -0.39 is 27.7 Å². The van der Waals surface area contributed by atoms with E-state index >= 15 is 0 Å². The topological polar surface area (TPSA) is 86.8 Å². The van der Waals surface area contributed by atoms with Crippen LogP contribution in [-0.4, -0.2) is 50.0 Å². The lowest BCUT2D eigenvalue weighted by Crippen LogP contribution is -2.51. The summed E-state index contributed by atoms with van der Waals surface area (Å²) in [4.78, 5) is 28.3. The number of carbonyl (C=O) groups is 2. The average Bonchev–Trinajstić information content (AvgIpc) is 2.88. The van der Waals surface area contributed by atoms with Gasteiger partial charge in [-0.1, -0.05) is 38.3 Å². The minimum absolute atomic E-state index is 0.00161. The van der Waals surface area contributed by atoms with Crippen LogP contribution in [0.3, 0.4) is 0 Å². The molecule has 0 radical (unpaired) electrons. The van der Waals surface area contributed by atoms with Crippen molar-refractivity contribution in [3.8, 4) is 0 Å². The molecular weight excluding hydrogens is 512 g/mol. The van der Waals surface area contributed by atoms with Crippen molar-refractivity contribution in [2.75, 3.05) is 17.1 Å². The van der Waals surface area contributed by atoms with Crippen molar-refractivity contribution in [1.29, 1.82) is 0 Å². The van der Waals surface area contributed by atoms with Crippen molar-refractivity contribution in [1.82, 2.24) is 10.2 Å². The number of anilines is 1. The number of halogens is 2. The lowest BCUT2D eigenvalue weighted by Gasteiger charge is -2.33. The van der Waals surface area contributed by atoms with Gasteiger partial charge in [-0.25, -0.2) is 17.2 Å². The van der Waals surface area contributed by atoms with Crippen molar-refractivity contribution in [3.63, 3.8) is 0 Å². The van der Waals surface area contributed by atoms with Gasteiger partial charge in [-0.3, -0.25) is 13.9 Å². The van der Waals surface area contributed by atoms with E-state index in [1.54, 1.807) is 12.1 Å². The molecule has 7 nitrogen and oxygen atoms in total. The van der Waals surface area contributed by atoms with Crippen LogP contribution in [0.5, 0.6) is 0 Å². The average molecular weight is 550 g/mol. The molecule has 0 bridgehead atoms. The number of amides is 2. The van der Waals surface area contributed by atoms with Crippen molar-refractivity contribution < 1.29 is 26.8 Å². The molecule has 10 heteroatoms. The third kappa shape index (κ3) is 8.51. The van der Waals surface area contributed by atoms with Crippen LogP contribution >= 0.6 is 0 Å². The Morgan fingerprint density at radius 3 is 2.11 bits per heavy atom. The fraction of sp³-hybridized carbons (Fsp3) is 0.500. The third-order valence-electron chi connectivity index (χ3n) is 6.87. The van der Waals surface area contributed by atoms with E-state index in [-0.39, 0.29) is 43.8 Å². The molecule has 2 aromatic carbocycles. The number of benzene rings is 2. The van der Waals surface area contributed by atoms with Crippen LogP contribution in [0.25, 0.3) is 0 Å². The lowest BCUT2D eigenvalue weighted by atomic mass is 9.95. The van der Waals surface area contributed by atoms with Gasteiger partial charge >= 0.3 is 0 Å². The first-order valence-electron chi connectivity index (χ1n) is 13.2. The molecule has 1 atom stereocenters. The first-order chi connectivity index (χ1) is 18.1. The number of rotatable bonds is 12. The van der Waals surface area contributed by atoms with E-state index in [0.717, 1.165) is 42.7 Å². The van der Waals surface area contributed by atoms with E-state index in [4.69, 9.17) is 0 Å². The van der Waals surface area contributed by atoms with Crippen molar-refractivity contribution in [3.05, 3.63) is 65.7 Å². The summed E-state index contributed by atoms with van der Waals surface area (Å²) in [7, 11) is -3.67. The minimum atomic E-state index is -3.67. The molecule has 0 aromatic heterocycles. The molecule has 0 unspecified atom stereocenters. The first kappa shape index (κ1) is 29.5. The summed E-state index contributed by atoms with van der Waals surface area (Å²) in [6.45, 7) is 1.99. The summed E-state index contributed by atoms with van der Waals surface area (Å²) >= 11 is 0. The van der Waals surface area contributed by atoms with E-state index in [1.165, 1.54) is 41.3 Å².